The van der Waals surface area contributed by atoms with E-state index in [1.165, 1.54) is 10.8 Å². The Morgan fingerprint density at radius 1 is 1.15 bits per heavy atom. The SMILES string of the molecule is CCCCc1nc(Cl)c(CC2C=c3c(ccc4c5c(ccc34)CC=CC=5)CC2S(=O)(=O)O)[nH]1. The Morgan fingerprint density at radius 3 is 2.67 bits per heavy atom. The number of aromatic nitrogens is 2. The van der Waals surface area contributed by atoms with Gasteiger partial charge >= 0.3 is 0 Å². The van der Waals surface area contributed by atoms with Crippen molar-refractivity contribution in [3.63, 3.8) is 0 Å². The minimum absolute atomic E-state index is 0.264. The molecule has 0 saturated carbocycles. The zero-order valence-electron chi connectivity index (χ0n) is 18.5. The highest BCUT2D eigenvalue weighted by atomic mass is 35.5. The van der Waals surface area contributed by atoms with Gasteiger partial charge in [0.25, 0.3) is 10.1 Å². The number of hydrogen-bond donors (Lipinski definition) is 2. The van der Waals surface area contributed by atoms with Crippen molar-refractivity contribution >= 4 is 44.6 Å². The summed E-state index contributed by atoms with van der Waals surface area (Å²) in [5.41, 5.74) is 2.95. The molecule has 0 radical (unpaired) electrons. The first-order valence-electron chi connectivity index (χ1n) is 11.5. The maximum atomic E-state index is 12.3. The molecule has 172 valence electrons. The predicted molar refractivity (Wildman–Crippen MR) is 133 cm³/mol. The Morgan fingerprint density at radius 2 is 1.91 bits per heavy atom. The second-order valence-electron chi connectivity index (χ2n) is 9.02. The Hall–Kier alpha value is -2.41. The lowest BCUT2D eigenvalue weighted by molar-refractivity contribution is 0.443. The largest absolute Gasteiger partial charge is 0.345 e. The van der Waals surface area contributed by atoms with Gasteiger partial charge in [-0.15, -0.1) is 0 Å². The van der Waals surface area contributed by atoms with Gasteiger partial charge in [0, 0.05) is 12.3 Å². The summed E-state index contributed by atoms with van der Waals surface area (Å²) in [6, 6.07) is 8.36. The van der Waals surface area contributed by atoms with Crippen molar-refractivity contribution in [3.8, 4) is 0 Å². The average Bonchev–Trinajstić information content (AvgIpc) is 3.15. The fourth-order valence-electron chi connectivity index (χ4n) is 5.13. The summed E-state index contributed by atoms with van der Waals surface area (Å²) < 4.78 is 34.8. The van der Waals surface area contributed by atoms with Gasteiger partial charge in [-0.2, -0.15) is 8.42 Å². The number of rotatable bonds is 6. The number of benzene rings is 2. The number of halogens is 1. The van der Waals surface area contributed by atoms with Crippen LogP contribution in [0, 0.1) is 5.92 Å². The fourth-order valence-corrected chi connectivity index (χ4v) is 6.36. The number of hydrogen-bond acceptors (Lipinski definition) is 3. The summed E-state index contributed by atoms with van der Waals surface area (Å²) in [5, 5.41) is 3.99. The van der Waals surface area contributed by atoms with E-state index in [0.29, 0.717) is 11.6 Å². The van der Waals surface area contributed by atoms with Crippen LogP contribution >= 0.6 is 11.6 Å². The molecule has 7 heteroatoms. The quantitative estimate of drug-likeness (QED) is 0.522. The van der Waals surface area contributed by atoms with Gasteiger partial charge < -0.3 is 4.98 Å². The molecule has 0 aliphatic heterocycles. The second-order valence-corrected chi connectivity index (χ2v) is 11.0. The molecular weight excluding hydrogens is 456 g/mol. The molecule has 1 heterocycles. The molecule has 2 aromatic carbocycles. The van der Waals surface area contributed by atoms with Crippen molar-refractivity contribution in [2.75, 3.05) is 0 Å². The number of nitrogens with zero attached hydrogens (tertiary/aromatic N) is 1. The number of aromatic amines is 1. The van der Waals surface area contributed by atoms with Crippen LogP contribution in [0.3, 0.4) is 0 Å². The van der Waals surface area contributed by atoms with Crippen LogP contribution in [-0.4, -0.2) is 28.2 Å². The number of allylic oxidation sites excluding steroid dienone is 2. The second kappa shape index (κ2) is 8.75. The maximum absolute atomic E-state index is 12.3. The zero-order chi connectivity index (χ0) is 23.2. The van der Waals surface area contributed by atoms with Crippen LogP contribution in [0.2, 0.25) is 5.15 Å². The van der Waals surface area contributed by atoms with Crippen LogP contribution in [0.1, 0.15) is 42.4 Å². The molecule has 0 spiro atoms. The minimum atomic E-state index is -4.25. The van der Waals surface area contributed by atoms with E-state index in [2.05, 4.69) is 53.3 Å². The average molecular weight is 483 g/mol. The molecule has 2 atom stereocenters. The smallest absolute Gasteiger partial charge is 0.268 e. The highest BCUT2D eigenvalue weighted by Crippen LogP contribution is 2.29. The van der Waals surface area contributed by atoms with Gasteiger partial charge in [-0.25, -0.2) is 4.98 Å². The van der Waals surface area contributed by atoms with Gasteiger partial charge in [-0.1, -0.05) is 73.5 Å². The van der Waals surface area contributed by atoms with Gasteiger partial charge in [0.15, 0.2) is 0 Å². The molecule has 1 aromatic heterocycles. The Labute approximate surface area is 198 Å². The number of imidazole rings is 1. The van der Waals surface area contributed by atoms with E-state index in [4.69, 9.17) is 11.6 Å². The molecule has 2 aliphatic rings. The lowest BCUT2D eigenvalue weighted by atomic mass is 9.85. The van der Waals surface area contributed by atoms with E-state index in [0.717, 1.165) is 58.8 Å². The summed E-state index contributed by atoms with van der Waals surface area (Å²) in [6.07, 6.45) is 12.8. The number of nitrogens with one attached hydrogen (secondary N) is 1. The van der Waals surface area contributed by atoms with Gasteiger partial charge in [-0.3, -0.25) is 4.55 Å². The molecule has 3 aromatic rings. The van der Waals surface area contributed by atoms with Crippen LogP contribution in [0.15, 0.2) is 36.4 Å². The fraction of sp³-hybridized carbons (Fsp3) is 0.346. The van der Waals surface area contributed by atoms with E-state index >= 15 is 0 Å². The van der Waals surface area contributed by atoms with Crippen LogP contribution in [0.25, 0.3) is 22.9 Å². The van der Waals surface area contributed by atoms with Crippen LogP contribution < -0.4 is 10.4 Å². The Kier molecular flexibility index (Phi) is 5.93. The van der Waals surface area contributed by atoms with Gasteiger partial charge in [-0.05, 0) is 58.0 Å². The summed E-state index contributed by atoms with van der Waals surface area (Å²) in [4.78, 5) is 7.70. The third-order valence-electron chi connectivity index (χ3n) is 6.85. The predicted octanol–water partition coefficient (Wildman–Crippen LogP) is 3.90. The van der Waals surface area contributed by atoms with Crippen molar-refractivity contribution in [3.05, 3.63) is 74.7 Å². The monoisotopic (exact) mass is 482 g/mol. The number of unbranched alkanes of at least 4 members (excludes halogenated alkanes) is 1. The van der Waals surface area contributed by atoms with Crippen molar-refractivity contribution < 1.29 is 13.0 Å². The maximum Gasteiger partial charge on any atom is 0.268 e. The van der Waals surface area contributed by atoms with E-state index in [9.17, 15) is 13.0 Å². The van der Waals surface area contributed by atoms with E-state index in [1.54, 1.807) is 0 Å². The molecule has 33 heavy (non-hydrogen) atoms. The number of aryl methyl sites for hydroxylation is 1. The summed E-state index contributed by atoms with van der Waals surface area (Å²) in [5.74, 6) is 0.395. The van der Waals surface area contributed by atoms with Crippen LogP contribution in [-0.2, 0) is 35.8 Å². The van der Waals surface area contributed by atoms with Crippen molar-refractivity contribution in [2.45, 2.75) is 50.7 Å². The van der Waals surface area contributed by atoms with Gasteiger partial charge in [0.1, 0.15) is 11.0 Å². The normalized spacial score (nSPS) is 19.6. The third kappa shape index (κ3) is 4.27. The van der Waals surface area contributed by atoms with Crippen molar-refractivity contribution in [1.82, 2.24) is 9.97 Å². The third-order valence-corrected chi connectivity index (χ3v) is 8.44. The Bertz CT molecular complexity index is 1490. The molecule has 0 bridgehead atoms. The molecule has 2 unspecified atom stereocenters. The zero-order valence-corrected chi connectivity index (χ0v) is 20.1. The molecule has 0 amide bonds. The summed E-state index contributed by atoms with van der Waals surface area (Å²) in [7, 11) is -4.25. The van der Waals surface area contributed by atoms with E-state index < -0.39 is 21.3 Å². The van der Waals surface area contributed by atoms with E-state index in [1.807, 2.05) is 12.1 Å². The first-order chi connectivity index (χ1) is 15.8. The molecule has 0 fully saturated rings. The van der Waals surface area contributed by atoms with E-state index in [-0.39, 0.29) is 6.42 Å². The highest BCUT2D eigenvalue weighted by molar-refractivity contribution is 7.86. The first-order valence-corrected chi connectivity index (χ1v) is 13.3. The van der Waals surface area contributed by atoms with Crippen LogP contribution in [0.4, 0.5) is 0 Å². The standard InChI is InChI=1S/C26H27ClN2O3S/c1-2-3-8-25-28-23(26(27)29-25)14-18-13-22-17(15-24(18)33(30,31)32)10-12-20-19-7-5-4-6-16(19)9-11-21(20)22/h4-5,7,9-13,18,24H,2-3,6,8,14-15H2,1H3,(H,28,29)(H,30,31,32). The minimum Gasteiger partial charge on any atom is -0.345 e. The summed E-state index contributed by atoms with van der Waals surface area (Å²) in [6.45, 7) is 2.12. The molecule has 0 saturated heterocycles. The highest BCUT2D eigenvalue weighted by Gasteiger charge is 2.35. The Balaban J connectivity index is 1.63. The van der Waals surface area contributed by atoms with Crippen molar-refractivity contribution in [2.24, 2.45) is 5.92 Å². The molecule has 2 N–H and O–H groups in total. The van der Waals surface area contributed by atoms with Gasteiger partial charge in [0.2, 0.25) is 0 Å². The van der Waals surface area contributed by atoms with Gasteiger partial charge in [0.05, 0.1) is 10.9 Å². The first kappa shape index (κ1) is 22.4. The number of H-pyrrole nitrogens is 1. The topological polar surface area (TPSA) is 83.1 Å². The lowest BCUT2D eigenvalue weighted by Gasteiger charge is -2.27. The summed E-state index contributed by atoms with van der Waals surface area (Å²) >= 11 is 6.40. The molecular formula is C26H27ClN2O3S. The molecule has 2 aliphatic carbocycles. The molecule has 5 rings (SSSR count). The molecule has 5 nitrogen and oxygen atoms in total. The number of fused-ring (bicyclic) bond motifs is 5. The lowest BCUT2D eigenvalue weighted by Crippen LogP contribution is -2.38. The van der Waals surface area contributed by atoms with Crippen LogP contribution in [0.5, 0.6) is 0 Å². The van der Waals surface area contributed by atoms with Crippen molar-refractivity contribution in [1.29, 1.82) is 0 Å².